The highest BCUT2D eigenvalue weighted by atomic mass is 16.5. The lowest BCUT2D eigenvalue weighted by atomic mass is 10.0. The highest BCUT2D eigenvalue weighted by molar-refractivity contribution is 5.95. The number of amides is 1. The summed E-state index contributed by atoms with van der Waals surface area (Å²) in [6.07, 6.45) is 1.87. The molecule has 6 heteroatoms. The average Bonchev–Trinajstić information content (AvgIpc) is 3.21. The molecule has 3 rings (SSSR count). The highest BCUT2D eigenvalue weighted by Crippen LogP contribution is 2.38. The second-order valence-electron chi connectivity index (χ2n) is 6.34. The molecule has 2 aromatic carbocycles. The fourth-order valence-electron chi connectivity index (χ4n) is 3.55. The Kier molecular flexibility index (Phi) is 5.74. The quantitative estimate of drug-likeness (QED) is 0.775. The number of rotatable bonds is 6. The third kappa shape index (κ3) is 3.65. The van der Waals surface area contributed by atoms with Crippen LogP contribution in [0.15, 0.2) is 36.4 Å². The van der Waals surface area contributed by atoms with Gasteiger partial charge in [-0.1, -0.05) is 6.07 Å². The van der Waals surface area contributed by atoms with E-state index >= 15 is 0 Å². The van der Waals surface area contributed by atoms with Gasteiger partial charge in [0.25, 0.3) is 5.91 Å². The van der Waals surface area contributed by atoms with Crippen LogP contribution in [0.4, 0.5) is 0 Å². The van der Waals surface area contributed by atoms with Gasteiger partial charge in [0.1, 0.15) is 0 Å². The highest BCUT2D eigenvalue weighted by Gasteiger charge is 2.31. The first-order valence-corrected chi connectivity index (χ1v) is 8.87. The molecule has 0 radical (unpaired) electrons. The molecule has 1 aliphatic rings. The molecule has 1 unspecified atom stereocenters. The van der Waals surface area contributed by atoms with Crippen LogP contribution >= 0.6 is 0 Å². The number of carbonyl (C=O) groups excluding carboxylic acids is 1. The number of nitrogens with zero attached hydrogens (tertiary/aromatic N) is 1. The van der Waals surface area contributed by atoms with Crippen LogP contribution in [-0.4, -0.2) is 45.8 Å². The standard InChI is InChI=1S/C21H25NO5/c1-24-17-9-7-14(12-19(17)26-3)16-6-5-11-22(16)21(23)15-8-10-18(25-2)20(13-15)27-4/h7-10,12-13,16H,5-6,11H2,1-4H3. The van der Waals surface area contributed by atoms with Crippen LogP contribution in [0.5, 0.6) is 23.0 Å². The molecule has 1 saturated heterocycles. The molecular weight excluding hydrogens is 346 g/mol. The topological polar surface area (TPSA) is 57.2 Å². The van der Waals surface area contributed by atoms with Gasteiger partial charge in [-0.05, 0) is 48.7 Å². The summed E-state index contributed by atoms with van der Waals surface area (Å²) < 4.78 is 21.3. The number of likely N-dealkylation sites (tertiary alicyclic amines) is 1. The van der Waals surface area contributed by atoms with Crippen molar-refractivity contribution >= 4 is 5.91 Å². The summed E-state index contributed by atoms with van der Waals surface area (Å²) in [6, 6.07) is 11.1. The minimum atomic E-state index is -0.0202. The molecule has 0 bridgehead atoms. The van der Waals surface area contributed by atoms with E-state index in [1.807, 2.05) is 23.1 Å². The van der Waals surface area contributed by atoms with Crippen molar-refractivity contribution in [1.29, 1.82) is 0 Å². The second kappa shape index (κ2) is 8.20. The van der Waals surface area contributed by atoms with Gasteiger partial charge < -0.3 is 23.8 Å². The van der Waals surface area contributed by atoms with E-state index in [9.17, 15) is 4.79 Å². The van der Waals surface area contributed by atoms with Crippen LogP contribution in [0.3, 0.4) is 0 Å². The monoisotopic (exact) mass is 371 g/mol. The zero-order valence-corrected chi connectivity index (χ0v) is 16.2. The van der Waals surface area contributed by atoms with Crippen molar-refractivity contribution in [2.75, 3.05) is 35.0 Å². The predicted octanol–water partition coefficient (Wildman–Crippen LogP) is 3.70. The lowest BCUT2D eigenvalue weighted by Crippen LogP contribution is -2.30. The van der Waals surface area contributed by atoms with Crippen molar-refractivity contribution in [3.05, 3.63) is 47.5 Å². The lowest BCUT2D eigenvalue weighted by Gasteiger charge is -2.26. The predicted molar refractivity (Wildman–Crippen MR) is 102 cm³/mol. The van der Waals surface area contributed by atoms with E-state index in [2.05, 4.69) is 0 Å². The molecule has 6 nitrogen and oxygen atoms in total. The fraction of sp³-hybridized carbons (Fsp3) is 0.381. The van der Waals surface area contributed by atoms with Gasteiger partial charge in [-0.2, -0.15) is 0 Å². The Morgan fingerprint density at radius 1 is 0.852 bits per heavy atom. The minimum absolute atomic E-state index is 0.00500. The number of benzene rings is 2. The van der Waals surface area contributed by atoms with Crippen LogP contribution in [-0.2, 0) is 0 Å². The minimum Gasteiger partial charge on any atom is -0.493 e. The Morgan fingerprint density at radius 2 is 1.44 bits per heavy atom. The van der Waals surface area contributed by atoms with Gasteiger partial charge in [0, 0.05) is 12.1 Å². The van der Waals surface area contributed by atoms with Crippen LogP contribution in [0.2, 0.25) is 0 Å². The van der Waals surface area contributed by atoms with Gasteiger partial charge in [-0.25, -0.2) is 0 Å². The average molecular weight is 371 g/mol. The van der Waals surface area contributed by atoms with Crippen molar-refractivity contribution in [2.45, 2.75) is 18.9 Å². The lowest BCUT2D eigenvalue weighted by molar-refractivity contribution is 0.0735. The summed E-state index contributed by atoms with van der Waals surface area (Å²) in [5.74, 6) is 2.47. The van der Waals surface area contributed by atoms with E-state index in [0.717, 1.165) is 18.4 Å². The van der Waals surface area contributed by atoms with Gasteiger partial charge in [0.15, 0.2) is 23.0 Å². The zero-order chi connectivity index (χ0) is 19.4. The van der Waals surface area contributed by atoms with Crippen LogP contribution in [0.1, 0.15) is 34.8 Å². The largest absolute Gasteiger partial charge is 0.493 e. The maximum absolute atomic E-state index is 13.1. The molecule has 1 heterocycles. The van der Waals surface area contributed by atoms with Crippen molar-refractivity contribution in [1.82, 2.24) is 4.90 Å². The second-order valence-corrected chi connectivity index (χ2v) is 6.34. The summed E-state index contributed by atoms with van der Waals surface area (Å²) >= 11 is 0. The van der Waals surface area contributed by atoms with E-state index in [1.54, 1.807) is 46.6 Å². The maximum atomic E-state index is 13.1. The van der Waals surface area contributed by atoms with Crippen molar-refractivity contribution in [3.8, 4) is 23.0 Å². The molecule has 0 saturated carbocycles. The summed E-state index contributed by atoms with van der Waals surface area (Å²) in [5.41, 5.74) is 1.62. The molecule has 0 aliphatic carbocycles. The van der Waals surface area contributed by atoms with Gasteiger partial charge in [0.2, 0.25) is 0 Å². The van der Waals surface area contributed by atoms with Crippen LogP contribution in [0.25, 0.3) is 0 Å². The van der Waals surface area contributed by atoms with Gasteiger partial charge in [0.05, 0.1) is 34.5 Å². The smallest absolute Gasteiger partial charge is 0.254 e. The third-order valence-electron chi connectivity index (χ3n) is 4.94. The first-order chi connectivity index (χ1) is 13.1. The Morgan fingerprint density at radius 3 is 2.07 bits per heavy atom. The summed E-state index contributed by atoms with van der Waals surface area (Å²) in [5, 5.41) is 0. The molecule has 0 spiro atoms. The normalized spacial score (nSPS) is 16.1. The van der Waals surface area contributed by atoms with Crippen LogP contribution in [0, 0.1) is 0 Å². The Labute approximate surface area is 159 Å². The third-order valence-corrected chi connectivity index (χ3v) is 4.94. The van der Waals surface area contributed by atoms with Crippen molar-refractivity contribution in [3.63, 3.8) is 0 Å². The number of hydrogen-bond donors (Lipinski definition) is 0. The Hall–Kier alpha value is -2.89. The summed E-state index contributed by atoms with van der Waals surface area (Å²) in [4.78, 5) is 15.1. The van der Waals surface area contributed by atoms with E-state index in [0.29, 0.717) is 35.1 Å². The number of methoxy groups -OCH3 is 4. The first kappa shape index (κ1) is 18.9. The molecule has 1 aliphatic heterocycles. The molecule has 27 heavy (non-hydrogen) atoms. The van der Waals surface area contributed by atoms with Gasteiger partial charge in [-0.15, -0.1) is 0 Å². The molecule has 0 N–H and O–H groups in total. The SMILES string of the molecule is COc1ccc(C(=O)N2CCCC2c2ccc(OC)c(OC)c2)cc1OC. The molecule has 0 aromatic heterocycles. The Bertz CT molecular complexity index is 820. The summed E-state index contributed by atoms with van der Waals surface area (Å²) in [6.45, 7) is 0.714. The first-order valence-electron chi connectivity index (χ1n) is 8.87. The van der Waals surface area contributed by atoms with E-state index in [4.69, 9.17) is 18.9 Å². The fourth-order valence-corrected chi connectivity index (χ4v) is 3.55. The van der Waals surface area contributed by atoms with Gasteiger partial charge in [-0.3, -0.25) is 4.79 Å². The Balaban J connectivity index is 1.89. The molecular formula is C21H25NO5. The van der Waals surface area contributed by atoms with Crippen LogP contribution < -0.4 is 18.9 Å². The molecule has 1 atom stereocenters. The van der Waals surface area contributed by atoms with Gasteiger partial charge >= 0.3 is 0 Å². The van der Waals surface area contributed by atoms with Crippen molar-refractivity contribution < 1.29 is 23.7 Å². The zero-order valence-electron chi connectivity index (χ0n) is 16.2. The van der Waals surface area contributed by atoms with Crippen molar-refractivity contribution in [2.24, 2.45) is 0 Å². The van der Waals surface area contributed by atoms with E-state index in [1.165, 1.54) is 0 Å². The summed E-state index contributed by atoms with van der Waals surface area (Å²) in [7, 11) is 6.37. The molecule has 1 fully saturated rings. The van der Waals surface area contributed by atoms with E-state index in [-0.39, 0.29) is 11.9 Å². The molecule has 1 amide bonds. The number of carbonyl (C=O) groups is 1. The number of ether oxygens (including phenoxy) is 4. The van der Waals surface area contributed by atoms with E-state index < -0.39 is 0 Å². The maximum Gasteiger partial charge on any atom is 0.254 e. The molecule has 2 aromatic rings. The number of hydrogen-bond acceptors (Lipinski definition) is 5. The molecule has 144 valence electrons.